The number of carbonyl (C=O) groups excluding carboxylic acids is 2. The molecule has 4 aromatic rings. The number of aryl methyl sites for hydroxylation is 2. The molecule has 2 heterocycles. The van der Waals surface area contributed by atoms with E-state index in [0.717, 1.165) is 11.1 Å². The molecule has 3 aromatic carbocycles. The first-order valence-electron chi connectivity index (χ1n) is 11.8. The maximum atomic E-state index is 13.8. The zero-order valence-electron chi connectivity index (χ0n) is 20.8. The summed E-state index contributed by atoms with van der Waals surface area (Å²) < 4.78 is 5.87. The fraction of sp³-hybridized carbons (Fsp3) is 0.0690. The number of para-hydroxylation sites is 1. The van der Waals surface area contributed by atoms with Gasteiger partial charge in [0, 0.05) is 17.7 Å². The third kappa shape index (κ3) is 4.85. The van der Waals surface area contributed by atoms with Crippen LogP contribution in [0.25, 0.3) is 17.4 Å². The number of anilines is 2. The molecular formula is C29H20ClN3O5S. The molecular weight excluding hydrogens is 538 g/mol. The Kier molecular flexibility index (Phi) is 6.86. The summed E-state index contributed by atoms with van der Waals surface area (Å²) in [5.41, 5.74) is 3.01. The first kappa shape index (κ1) is 26.0. The average molecular weight is 558 g/mol. The number of amides is 2. The number of nitro benzene ring substituents is 1. The smallest absolute Gasteiger partial charge is 0.270 e. The molecule has 1 saturated heterocycles. The molecule has 1 aliphatic rings. The fourth-order valence-electron chi connectivity index (χ4n) is 4.16. The van der Waals surface area contributed by atoms with Crippen LogP contribution in [0.1, 0.15) is 16.9 Å². The van der Waals surface area contributed by atoms with Gasteiger partial charge in [-0.25, -0.2) is 0 Å². The largest absolute Gasteiger partial charge is 0.457 e. The highest BCUT2D eigenvalue weighted by molar-refractivity contribution is 7.81. The van der Waals surface area contributed by atoms with Gasteiger partial charge >= 0.3 is 0 Å². The van der Waals surface area contributed by atoms with Crippen LogP contribution in [0.4, 0.5) is 17.1 Å². The van der Waals surface area contributed by atoms with Gasteiger partial charge in [-0.3, -0.25) is 29.5 Å². The van der Waals surface area contributed by atoms with Crippen LogP contribution < -0.4 is 9.80 Å². The van der Waals surface area contributed by atoms with Crippen molar-refractivity contribution < 1.29 is 18.9 Å². The third-order valence-electron chi connectivity index (χ3n) is 6.35. The van der Waals surface area contributed by atoms with E-state index >= 15 is 0 Å². The van der Waals surface area contributed by atoms with E-state index < -0.39 is 16.7 Å². The Labute approximate surface area is 233 Å². The van der Waals surface area contributed by atoms with Crippen LogP contribution in [0.15, 0.2) is 88.9 Å². The normalized spacial score (nSPS) is 14.8. The van der Waals surface area contributed by atoms with Crippen LogP contribution in [0, 0.1) is 24.0 Å². The molecule has 2 amide bonds. The van der Waals surface area contributed by atoms with Crippen LogP contribution in [-0.4, -0.2) is 21.9 Å². The Balaban J connectivity index is 1.60. The molecule has 39 heavy (non-hydrogen) atoms. The molecule has 8 nitrogen and oxygen atoms in total. The van der Waals surface area contributed by atoms with Crippen LogP contribution >= 0.6 is 23.8 Å². The standard InChI is InChI=1S/C29H20ClN3O5S/c1-17-8-9-20(14-18(17)2)32-28(35)24(27(34)31(29(32)39)19-6-4-3-5-7-19)16-22-11-13-26(38-22)23-15-21(33(36)37)10-12-25(23)30/h3-16H,1-2H3. The van der Waals surface area contributed by atoms with Crippen molar-refractivity contribution in [2.75, 3.05) is 9.80 Å². The second-order valence-corrected chi connectivity index (χ2v) is 9.62. The highest BCUT2D eigenvalue weighted by Crippen LogP contribution is 2.34. The zero-order valence-corrected chi connectivity index (χ0v) is 22.3. The summed E-state index contributed by atoms with van der Waals surface area (Å²) >= 11 is 11.9. The lowest BCUT2D eigenvalue weighted by Crippen LogP contribution is -2.57. The number of hydrogen-bond donors (Lipinski definition) is 0. The second kappa shape index (κ2) is 10.3. The van der Waals surface area contributed by atoms with Gasteiger partial charge < -0.3 is 4.42 Å². The number of nitrogens with zero attached hydrogens (tertiary/aromatic N) is 3. The molecule has 0 spiro atoms. The Morgan fingerprint density at radius 3 is 2.23 bits per heavy atom. The van der Waals surface area contributed by atoms with Crippen molar-refractivity contribution in [3.63, 3.8) is 0 Å². The number of carbonyl (C=O) groups is 2. The number of rotatable bonds is 5. The topological polar surface area (TPSA) is 96.9 Å². The summed E-state index contributed by atoms with van der Waals surface area (Å²) in [5.74, 6) is -0.785. The molecule has 0 bridgehead atoms. The molecule has 5 rings (SSSR count). The Hall–Kier alpha value is -4.60. The van der Waals surface area contributed by atoms with E-state index in [9.17, 15) is 19.7 Å². The molecule has 1 aliphatic heterocycles. The molecule has 10 heteroatoms. The second-order valence-electron chi connectivity index (χ2n) is 8.85. The van der Waals surface area contributed by atoms with Gasteiger partial charge in [-0.1, -0.05) is 35.9 Å². The highest BCUT2D eigenvalue weighted by atomic mass is 35.5. The highest BCUT2D eigenvalue weighted by Gasteiger charge is 2.41. The monoisotopic (exact) mass is 557 g/mol. The van der Waals surface area contributed by atoms with Crippen molar-refractivity contribution >= 4 is 63.9 Å². The number of halogens is 1. The number of nitro groups is 1. The fourth-order valence-corrected chi connectivity index (χ4v) is 4.75. The minimum atomic E-state index is -0.609. The van der Waals surface area contributed by atoms with E-state index in [-0.39, 0.29) is 32.9 Å². The number of thiocarbonyl (C=S) groups is 1. The minimum Gasteiger partial charge on any atom is -0.457 e. The van der Waals surface area contributed by atoms with Crippen LogP contribution in [0.3, 0.4) is 0 Å². The van der Waals surface area contributed by atoms with Gasteiger partial charge in [0.25, 0.3) is 17.5 Å². The predicted octanol–water partition coefficient (Wildman–Crippen LogP) is 6.87. The van der Waals surface area contributed by atoms with E-state index in [1.54, 1.807) is 42.5 Å². The summed E-state index contributed by atoms with van der Waals surface area (Å²) in [4.78, 5) is 40.8. The van der Waals surface area contributed by atoms with Gasteiger partial charge in [0.15, 0.2) is 5.11 Å². The van der Waals surface area contributed by atoms with Crippen molar-refractivity contribution in [3.05, 3.63) is 116 Å². The molecule has 0 unspecified atom stereocenters. The minimum absolute atomic E-state index is 0.0279. The van der Waals surface area contributed by atoms with Gasteiger partial charge in [0.1, 0.15) is 17.1 Å². The maximum Gasteiger partial charge on any atom is 0.270 e. The summed E-state index contributed by atoms with van der Waals surface area (Å²) in [6.07, 6.45) is 1.34. The lowest BCUT2D eigenvalue weighted by atomic mass is 10.1. The molecule has 1 fully saturated rings. The van der Waals surface area contributed by atoms with Crippen LogP contribution in [-0.2, 0) is 9.59 Å². The SMILES string of the molecule is Cc1ccc(N2C(=O)C(=Cc3ccc(-c4cc([N+](=O)[O-])ccc4Cl)o3)C(=O)N(c3ccccc3)C2=S)cc1C. The number of hydrogen-bond acceptors (Lipinski definition) is 6. The van der Waals surface area contributed by atoms with Crippen molar-refractivity contribution in [2.24, 2.45) is 0 Å². The van der Waals surface area contributed by atoms with E-state index in [4.69, 9.17) is 28.2 Å². The van der Waals surface area contributed by atoms with Crippen molar-refractivity contribution in [1.29, 1.82) is 0 Å². The number of benzene rings is 3. The molecule has 194 valence electrons. The molecule has 0 saturated carbocycles. The maximum absolute atomic E-state index is 13.8. The van der Waals surface area contributed by atoms with Gasteiger partial charge in [-0.2, -0.15) is 0 Å². The van der Waals surface area contributed by atoms with E-state index in [1.165, 1.54) is 34.1 Å². The zero-order chi connectivity index (χ0) is 27.8. The Morgan fingerprint density at radius 1 is 0.872 bits per heavy atom. The molecule has 0 radical (unpaired) electrons. The molecule has 1 aromatic heterocycles. The average Bonchev–Trinajstić information content (AvgIpc) is 3.38. The van der Waals surface area contributed by atoms with Gasteiger partial charge in [0.05, 0.1) is 21.3 Å². The summed E-state index contributed by atoms with van der Waals surface area (Å²) in [6.45, 7) is 3.89. The predicted molar refractivity (Wildman–Crippen MR) is 154 cm³/mol. The third-order valence-corrected chi connectivity index (χ3v) is 7.05. The van der Waals surface area contributed by atoms with Gasteiger partial charge in [-0.15, -0.1) is 0 Å². The first-order valence-corrected chi connectivity index (χ1v) is 12.6. The molecule has 0 atom stereocenters. The van der Waals surface area contributed by atoms with Crippen molar-refractivity contribution in [3.8, 4) is 11.3 Å². The van der Waals surface area contributed by atoms with E-state index in [0.29, 0.717) is 16.9 Å². The van der Waals surface area contributed by atoms with E-state index in [2.05, 4.69) is 0 Å². The summed E-state index contributed by atoms with van der Waals surface area (Å²) in [5, 5.41) is 11.5. The van der Waals surface area contributed by atoms with Crippen molar-refractivity contribution in [1.82, 2.24) is 0 Å². The number of furan rings is 1. The first-order chi connectivity index (χ1) is 18.7. The summed E-state index contributed by atoms with van der Waals surface area (Å²) in [6, 6.07) is 21.4. The Bertz CT molecular complexity index is 1700. The van der Waals surface area contributed by atoms with E-state index in [1.807, 2.05) is 32.0 Å². The lowest BCUT2D eigenvalue weighted by molar-refractivity contribution is -0.384. The lowest BCUT2D eigenvalue weighted by Gasteiger charge is -2.36. The summed E-state index contributed by atoms with van der Waals surface area (Å²) in [7, 11) is 0. The van der Waals surface area contributed by atoms with Crippen LogP contribution in [0.5, 0.6) is 0 Å². The van der Waals surface area contributed by atoms with Crippen LogP contribution in [0.2, 0.25) is 5.02 Å². The Morgan fingerprint density at radius 2 is 1.56 bits per heavy atom. The molecule has 0 N–H and O–H groups in total. The quantitative estimate of drug-likeness (QED) is 0.0873. The van der Waals surface area contributed by atoms with Gasteiger partial charge in [0.2, 0.25) is 0 Å². The molecule has 0 aliphatic carbocycles. The van der Waals surface area contributed by atoms with Crippen molar-refractivity contribution in [2.45, 2.75) is 13.8 Å². The van der Waals surface area contributed by atoms with Gasteiger partial charge in [-0.05, 0) is 85.7 Å². The number of non-ortho nitro benzene ring substituents is 1.